The lowest BCUT2D eigenvalue weighted by molar-refractivity contribution is -0.148. The third-order valence-corrected chi connectivity index (χ3v) is 6.08. The van der Waals surface area contributed by atoms with Gasteiger partial charge in [-0.3, -0.25) is 4.79 Å². The Morgan fingerprint density at radius 3 is 2.59 bits per heavy atom. The highest BCUT2D eigenvalue weighted by atomic mass is 32.2. The van der Waals surface area contributed by atoms with Gasteiger partial charge >= 0.3 is 5.97 Å². The van der Waals surface area contributed by atoms with Gasteiger partial charge in [0, 0.05) is 30.8 Å². The van der Waals surface area contributed by atoms with Crippen LogP contribution in [0.15, 0.2) is 24.3 Å². The van der Waals surface area contributed by atoms with Gasteiger partial charge in [0.25, 0.3) is 5.91 Å². The van der Waals surface area contributed by atoms with E-state index >= 15 is 0 Å². The van der Waals surface area contributed by atoms with E-state index in [-0.39, 0.29) is 17.5 Å². The highest BCUT2D eigenvalue weighted by Crippen LogP contribution is 2.25. The third kappa shape index (κ3) is 5.72. The first-order valence-electron chi connectivity index (χ1n) is 8.28. The molecular formula is C18H23NO7S. The second-order valence-corrected chi connectivity index (χ2v) is 8.34. The van der Waals surface area contributed by atoms with Crippen molar-refractivity contribution in [2.75, 3.05) is 39.4 Å². The molecule has 9 heteroatoms. The Bertz CT molecular complexity index is 832. The second kappa shape index (κ2) is 8.90. The van der Waals surface area contributed by atoms with Crippen molar-refractivity contribution in [3.63, 3.8) is 0 Å². The molecule has 1 amide bonds. The van der Waals surface area contributed by atoms with E-state index in [0.717, 1.165) is 0 Å². The molecule has 1 fully saturated rings. The van der Waals surface area contributed by atoms with Crippen molar-refractivity contribution in [3.8, 4) is 11.5 Å². The van der Waals surface area contributed by atoms with Gasteiger partial charge in [0.2, 0.25) is 0 Å². The molecule has 0 saturated carbocycles. The van der Waals surface area contributed by atoms with Gasteiger partial charge in [0.15, 0.2) is 16.4 Å². The minimum Gasteiger partial charge on any atom is -0.497 e. The number of likely N-dealkylation sites (N-methyl/N-ethyl adjacent to an activating group) is 1. The van der Waals surface area contributed by atoms with Crippen LogP contribution in [0.3, 0.4) is 0 Å². The molecule has 8 nitrogen and oxygen atoms in total. The zero-order valence-corrected chi connectivity index (χ0v) is 16.3. The van der Waals surface area contributed by atoms with Gasteiger partial charge in [0.1, 0.15) is 11.5 Å². The lowest BCUT2D eigenvalue weighted by Crippen LogP contribution is -2.40. The van der Waals surface area contributed by atoms with Crippen LogP contribution in [0.5, 0.6) is 11.5 Å². The molecule has 0 bridgehead atoms. The Morgan fingerprint density at radius 2 is 2.00 bits per heavy atom. The molecule has 2 rings (SSSR count). The molecule has 1 heterocycles. The molecule has 1 aliphatic rings. The summed E-state index contributed by atoms with van der Waals surface area (Å²) < 4.78 is 38.3. The first-order chi connectivity index (χ1) is 12.8. The van der Waals surface area contributed by atoms with Crippen LogP contribution >= 0.6 is 0 Å². The average Bonchev–Trinajstić information content (AvgIpc) is 3.03. The molecule has 0 aromatic heterocycles. The minimum absolute atomic E-state index is 0.0552. The Hall–Kier alpha value is -2.55. The Balaban J connectivity index is 1.88. The summed E-state index contributed by atoms with van der Waals surface area (Å²) in [5, 5.41) is 0. The maximum Gasteiger partial charge on any atom is 0.331 e. The fourth-order valence-electron chi connectivity index (χ4n) is 2.68. The molecule has 0 aliphatic carbocycles. The molecule has 27 heavy (non-hydrogen) atoms. The van der Waals surface area contributed by atoms with Crippen LogP contribution in [0, 0.1) is 0 Å². The highest BCUT2D eigenvalue weighted by Gasteiger charge is 2.32. The molecule has 1 atom stereocenters. The number of carbonyl (C=O) groups excluding carboxylic acids is 2. The van der Waals surface area contributed by atoms with E-state index in [9.17, 15) is 18.0 Å². The van der Waals surface area contributed by atoms with Crippen molar-refractivity contribution < 1.29 is 32.2 Å². The number of nitrogens with zero attached hydrogens (tertiary/aromatic N) is 1. The van der Waals surface area contributed by atoms with Crippen LogP contribution in [0.25, 0.3) is 6.08 Å². The third-order valence-electron chi connectivity index (χ3n) is 4.33. The molecule has 1 saturated heterocycles. The number of rotatable bonds is 7. The van der Waals surface area contributed by atoms with E-state index in [4.69, 9.17) is 14.2 Å². The topological polar surface area (TPSA) is 99.2 Å². The number of hydrogen-bond acceptors (Lipinski definition) is 7. The van der Waals surface area contributed by atoms with Crippen LogP contribution < -0.4 is 9.47 Å². The monoisotopic (exact) mass is 397 g/mol. The summed E-state index contributed by atoms with van der Waals surface area (Å²) in [6.45, 7) is -0.448. The maximum atomic E-state index is 12.1. The predicted octanol–water partition coefficient (Wildman–Crippen LogP) is 0.906. The van der Waals surface area contributed by atoms with Gasteiger partial charge in [-0.1, -0.05) is 0 Å². The summed E-state index contributed by atoms with van der Waals surface area (Å²) in [5.74, 6) is 0.0299. The van der Waals surface area contributed by atoms with Crippen molar-refractivity contribution in [1.29, 1.82) is 0 Å². The zero-order valence-electron chi connectivity index (χ0n) is 15.5. The predicted molar refractivity (Wildman–Crippen MR) is 99.4 cm³/mol. The number of hydrogen-bond donors (Lipinski definition) is 0. The Kier molecular flexibility index (Phi) is 6.84. The van der Waals surface area contributed by atoms with E-state index < -0.39 is 28.3 Å². The normalized spacial score (nSPS) is 18.3. The molecular weight excluding hydrogens is 374 g/mol. The van der Waals surface area contributed by atoms with E-state index in [1.807, 2.05) is 0 Å². The summed E-state index contributed by atoms with van der Waals surface area (Å²) in [6.07, 6.45) is 3.10. The fourth-order valence-corrected chi connectivity index (χ4v) is 4.46. The van der Waals surface area contributed by atoms with Crippen molar-refractivity contribution >= 4 is 27.8 Å². The Labute approximate surface area is 158 Å². The molecule has 0 N–H and O–H groups in total. The summed E-state index contributed by atoms with van der Waals surface area (Å²) in [4.78, 5) is 25.3. The quantitative estimate of drug-likeness (QED) is 0.498. The molecule has 0 radical (unpaired) electrons. The average molecular weight is 397 g/mol. The number of amides is 1. The van der Waals surface area contributed by atoms with E-state index in [2.05, 4.69) is 0 Å². The summed E-state index contributed by atoms with van der Waals surface area (Å²) in [5.41, 5.74) is 0.648. The smallest absolute Gasteiger partial charge is 0.331 e. The second-order valence-electron chi connectivity index (χ2n) is 6.11. The largest absolute Gasteiger partial charge is 0.497 e. The van der Waals surface area contributed by atoms with E-state index in [0.29, 0.717) is 23.5 Å². The van der Waals surface area contributed by atoms with Crippen LogP contribution in [-0.2, 0) is 24.2 Å². The SMILES string of the molecule is COc1ccc(/C=C/C(=O)OCC(=O)N(C)[C@@H]2CCS(=O)(=O)C2)c(OC)c1. The van der Waals surface area contributed by atoms with Gasteiger partial charge in [-0.05, 0) is 24.6 Å². The minimum atomic E-state index is -3.09. The van der Waals surface area contributed by atoms with Gasteiger partial charge in [0.05, 0.1) is 25.7 Å². The van der Waals surface area contributed by atoms with Crippen LogP contribution in [0.2, 0.25) is 0 Å². The summed E-state index contributed by atoms with van der Waals surface area (Å²) in [7, 11) is 1.46. The molecule has 0 unspecified atom stereocenters. The number of carbonyl (C=O) groups is 2. The van der Waals surface area contributed by atoms with Crippen molar-refractivity contribution in [2.45, 2.75) is 12.5 Å². The zero-order chi connectivity index (χ0) is 20.0. The van der Waals surface area contributed by atoms with Crippen molar-refractivity contribution in [3.05, 3.63) is 29.8 Å². The fraction of sp³-hybridized carbons (Fsp3) is 0.444. The first kappa shape index (κ1) is 20.8. The summed E-state index contributed by atoms with van der Waals surface area (Å²) in [6, 6.07) is 4.75. The van der Waals surface area contributed by atoms with Crippen molar-refractivity contribution in [2.24, 2.45) is 0 Å². The number of benzene rings is 1. The van der Waals surface area contributed by atoms with Crippen LogP contribution in [0.4, 0.5) is 0 Å². The van der Waals surface area contributed by atoms with Gasteiger partial charge in [-0.25, -0.2) is 13.2 Å². The van der Waals surface area contributed by atoms with E-state index in [1.165, 1.54) is 38.3 Å². The molecule has 1 aromatic carbocycles. The first-order valence-corrected chi connectivity index (χ1v) is 10.1. The lowest BCUT2D eigenvalue weighted by atomic mass is 10.2. The Morgan fingerprint density at radius 1 is 1.26 bits per heavy atom. The van der Waals surface area contributed by atoms with Crippen LogP contribution in [0.1, 0.15) is 12.0 Å². The molecule has 1 aliphatic heterocycles. The van der Waals surface area contributed by atoms with E-state index in [1.54, 1.807) is 18.2 Å². The lowest BCUT2D eigenvalue weighted by Gasteiger charge is -2.22. The van der Waals surface area contributed by atoms with Crippen LogP contribution in [-0.4, -0.2) is 70.6 Å². The number of sulfone groups is 1. The highest BCUT2D eigenvalue weighted by molar-refractivity contribution is 7.91. The van der Waals surface area contributed by atoms with Crippen molar-refractivity contribution in [1.82, 2.24) is 4.90 Å². The maximum absolute atomic E-state index is 12.1. The number of ether oxygens (including phenoxy) is 3. The standard InChI is InChI=1S/C18H23NO7S/c1-19(14-8-9-27(22,23)12-14)17(20)11-26-18(21)7-5-13-4-6-15(24-2)10-16(13)25-3/h4-7,10,14H,8-9,11-12H2,1-3H3/b7-5+/t14-/m1/s1. The molecule has 148 valence electrons. The molecule has 1 aromatic rings. The van der Waals surface area contributed by atoms with Gasteiger partial charge < -0.3 is 19.1 Å². The van der Waals surface area contributed by atoms with Gasteiger partial charge in [-0.2, -0.15) is 0 Å². The molecule has 0 spiro atoms. The number of esters is 1. The summed E-state index contributed by atoms with van der Waals surface area (Å²) >= 11 is 0. The van der Waals surface area contributed by atoms with Gasteiger partial charge in [-0.15, -0.1) is 0 Å². The number of methoxy groups -OCH3 is 2.